The van der Waals surface area contributed by atoms with Crippen LogP contribution in [0.3, 0.4) is 0 Å². The minimum atomic E-state index is 0.0249. The Balaban J connectivity index is 2.50. The van der Waals surface area contributed by atoms with Crippen molar-refractivity contribution in [3.8, 4) is 0 Å². The summed E-state index contributed by atoms with van der Waals surface area (Å²) >= 11 is 0. The van der Waals surface area contributed by atoms with Crippen molar-refractivity contribution in [1.29, 1.82) is 0 Å². The van der Waals surface area contributed by atoms with E-state index in [1.165, 1.54) is 0 Å². The fourth-order valence-electron chi connectivity index (χ4n) is 2.29. The first-order valence-corrected chi connectivity index (χ1v) is 5.95. The highest BCUT2D eigenvalue weighted by molar-refractivity contribution is 4.84. The predicted molar refractivity (Wildman–Crippen MR) is 61.9 cm³/mol. The maximum atomic E-state index is 9.38. The lowest BCUT2D eigenvalue weighted by Gasteiger charge is -2.35. The molecular formula is C12H25NO2. The molecule has 0 aromatic carbocycles. The first-order chi connectivity index (χ1) is 7.02. The maximum absolute atomic E-state index is 9.38. The van der Waals surface area contributed by atoms with Crippen LogP contribution in [0.15, 0.2) is 0 Å². The molecule has 1 aliphatic heterocycles. The number of ether oxygens (including phenoxy) is 1. The van der Waals surface area contributed by atoms with Gasteiger partial charge in [-0.2, -0.15) is 0 Å². The Labute approximate surface area is 93.4 Å². The van der Waals surface area contributed by atoms with Gasteiger partial charge in [-0.3, -0.25) is 0 Å². The topological polar surface area (TPSA) is 32.7 Å². The summed E-state index contributed by atoms with van der Waals surface area (Å²) in [4.78, 5) is 2.34. The van der Waals surface area contributed by atoms with Crippen molar-refractivity contribution in [1.82, 2.24) is 4.90 Å². The van der Waals surface area contributed by atoms with Crippen LogP contribution in [0.5, 0.6) is 0 Å². The highest BCUT2D eigenvalue weighted by Crippen LogP contribution is 2.25. The summed E-state index contributed by atoms with van der Waals surface area (Å²) in [7, 11) is 2.14. The summed E-state index contributed by atoms with van der Waals surface area (Å²) in [5.41, 5.74) is 0.0249. The van der Waals surface area contributed by atoms with E-state index in [2.05, 4.69) is 32.7 Å². The number of hydrogen-bond donors (Lipinski definition) is 1. The first kappa shape index (κ1) is 12.9. The zero-order valence-corrected chi connectivity index (χ0v) is 10.5. The van der Waals surface area contributed by atoms with Gasteiger partial charge >= 0.3 is 0 Å². The van der Waals surface area contributed by atoms with Gasteiger partial charge in [0.2, 0.25) is 0 Å². The molecule has 3 nitrogen and oxygen atoms in total. The molecule has 0 saturated carbocycles. The minimum Gasteiger partial charge on any atom is -0.396 e. The van der Waals surface area contributed by atoms with Gasteiger partial charge in [0.15, 0.2) is 0 Å². The van der Waals surface area contributed by atoms with Crippen LogP contribution in [-0.2, 0) is 4.74 Å². The Morgan fingerprint density at radius 3 is 2.60 bits per heavy atom. The van der Waals surface area contributed by atoms with Crippen molar-refractivity contribution in [3.05, 3.63) is 0 Å². The second-order valence-electron chi connectivity index (χ2n) is 5.17. The molecule has 0 aromatic rings. The molecule has 1 heterocycles. The van der Waals surface area contributed by atoms with Crippen LogP contribution in [0.2, 0.25) is 0 Å². The molecule has 0 radical (unpaired) electrons. The third-order valence-electron chi connectivity index (χ3n) is 3.77. The van der Waals surface area contributed by atoms with E-state index < -0.39 is 0 Å². The SMILES string of the molecule is CCC(C)(CO)CN(C)C1CCOC1C. The second kappa shape index (κ2) is 5.28. The van der Waals surface area contributed by atoms with Crippen molar-refractivity contribution in [2.75, 3.05) is 26.8 Å². The quantitative estimate of drug-likeness (QED) is 0.754. The largest absolute Gasteiger partial charge is 0.396 e. The van der Waals surface area contributed by atoms with Crippen LogP contribution in [0, 0.1) is 5.41 Å². The molecule has 0 aliphatic carbocycles. The summed E-state index contributed by atoms with van der Waals surface area (Å²) in [6, 6.07) is 0.516. The Bertz CT molecular complexity index is 192. The number of aliphatic hydroxyl groups is 1. The van der Waals surface area contributed by atoms with Gasteiger partial charge in [0.05, 0.1) is 6.10 Å². The summed E-state index contributed by atoms with van der Waals surface area (Å²) in [6.07, 6.45) is 2.45. The molecule has 3 unspecified atom stereocenters. The van der Waals surface area contributed by atoms with E-state index >= 15 is 0 Å². The van der Waals surface area contributed by atoms with Gasteiger partial charge in [0.1, 0.15) is 0 Å². The lowest BCUT2D eigenvalue weighted by molar-refractivity contribution is 0.0453. The fourth-order valence-corrected chi connectivity index (χ4v) is 2.29. The average Bonchev–Trinajstić information content (AvgIpc) is 2.64. The fraction of sp³-hybridized carbons (Fsp3) is 1.00. The van der Waals surface area contributed by atoms with Gasteiger partial charge in [-0.15, -0.1) is 0 Å². The smallest absolute Gasteiger partial charge is 0.0702 e. The molecule has 1 fully saturated rings. The number of likely N-dealkylation sites (N-methyl/N-ethyl adjacent to an activating group) is 1. The highest BCUT2D eigenvalue weighted by atomic mass is 16.5. The van der Waals surface area contributed by atoms with Crippen molar-refractivity contribution in [3.63, 3.8) is 0 Å². The Hall–Kier alpha value is -0.120. The van der Waals surface area contributed by atoms with Crippen molar-refractivity contribution >= 4 is 0 Å². The van der Waals surface area contributed by atoms with Crippen LogP contribution >= 0.6 is 0 Å². The molecule has 1 saturated heterocycles. The normalized spacial score (nSPS) is 30.8. The summed E-state index contributed by atoms with van der Waals surface area (Å²) in [6.45, 7) is 8.49. The third-order valence-corrected chi connectivity index (χ3v) is 3.77. The summed E-state index contributed by atoms with van der Waals surface area (Å²) in [5, 5.41) is 9.38. The van der Waals surface area contributed by atoms with Crippen molar-refractivity contribution in [2.24, 2.45) is 5.41 Å². The zero-order valence-electron chi connectivity index (χ0n) is 10.5. The van der Waals surface area contributed by atoms with Gasteiger partial charge in [-0.25, -0.2) is 0 Å². The number of rotatable bonds is 5. The molecule has 1 aliphatic rings. The molecular weight excluding hydrogens is 190 g/mol. The lowest BCUT2D eigenvalue weighted by Crippen LogP contribution is -2.44. The van der Waals surface area contributed by atoms with E-state index in [1.54, 1.807) is 0 Å². The van der Waals surface area contributed by atoms with Crippen LogP contribution in [0.4, 0.5) is 0 Å². The molecule has 15 heavy (non-hydrogen) atoms. The molecule has 3 atom stereocenters. The monoisotopic (exact) mass is 215 g/mol. The maximum Gasteiger partial charge on any atom is 0.0702 e. The summed E-state index contributed by atoms with van der Waals surface area (Å²) in [5.74, 6) is 0. The molecule has 0 bridgehead atoms. The molecule has 3 heteroatoms. The number of aliphatic hydroxyl groups excluding tert-OH is 1. The predicted octanol–water partition coefficient (Wildman–Crippen LogP) is 1.50. The van der Waals surface area contributed by atoms with Crippen LogP contribution < -0.4 is 0 Å². The summed E-state index contributed by atoms with van der Waals surface area (Å²) < 4.78 is 5.56. The Morgan fingerprint density at radius 1 is 1.53 bits per heavy atom. The van der Waals surface area contributed by atoms with Gasteiger partial charge < -0.3 is 14.7 Å². The average molecular weight is 215 g/mol. The van der Waals surface area contributed by atoms with E-state index in [-0.39, 0.29) is 12.0 Å². The molecule has 0 amide bonds. The van der Waals surface area contributed by atoms with E-state index in [0.29, 0.717) is 12.1 Å². The molecule has 1 rings (SSSR count). The lowest BCUT2D eigenvalue weighted by atomic mass is 9.87. The Morgan fingerprint density at radius 2 is 2.20 bits per heavy atom. The molecule has 1 N–H and O–H groups in total. The second-order valence-corrected chi connectivity index (χ2v) is 5.17. The van der Waals surface area contributed by atoms with Crippen molar-refractivity contribution in [2.45, 2.75) is 45.8 Å². The molecule has 0 spiro atoms. The van der Waals surface area contributed by atoms with Crippen LogP contribution in [-0.4, -0.2) is 49.0 Å². The van der Waals surface area contributed by atoms with Crippen LogP contribution in [0.25, 0.3) is 0 Å². The van der Waals surface area contributed by atoms with E-state index in [4.69, 9.17) is 4.74 Å². The molecule has 90 valence electrons. The first-order valence-electron chi connectivity index (χ1n) is 5.95. The third kappa shape index (κ3) is 3.16. The van der Waals surface area contributed by atoms with Crippen molar-refractivity contribution < 1.29 is 9.84 Å². The Kier molecular flexibility index (Phi) is 4.56. The molecule has 0 aromatic heterocycles. The van der Waals surface area contributed by atoms with Gasteiger partial charge in [-0.1, -0.05) is 13.8 Å². The zero-order chi connectivity index (χ0) is 11.5. The number of nitrogens with zero attached hydrogens (tertiary/aromatic N) is 1. The van der Waals surface area contributed by atoms with E-state index in [9.17, 15) is 5.11 Å². The van der Waals surface area contributed by atoms with Gasteiger partial charge in [-0.05, 0) is 26.8 Å². The van der Waals surface area contributed by atoms with E-state index in [0.717, 1.165) is 26.0 Å². The van der Waals surface area contributed by atoms with E-state index in [1.807, 2.05) is 0 Å². The standard InChI is InChI=1S/C12H25NO2/c1-5-12(3,9-14)8-13(4)11-6-7-15-10(11)2/h10-11,14H,5-9H2,1-4H3. The highest BCUT2D eigenvalue weighted by Gasteiger charge is 2.32. The number of hydrogen-bond acceptors (Lipinski definition) is 3. The van der Waals surface area contributed by atoms with Gasteiger partial charge in [0.25, 0.3) is 0 Å². The minimum absolute atomic E-state index is 0.0249. The van der Waals surface area contributed by atoms with Gasteiger partial charge in [0, 0.05) is 31.2 Å². The van der Waals surface area contributed by atoms with Crippen LogP contribution in [0.1, 0.15) is 33.6 Å².